The number of aromatic nitrogens is 1. The number of aryl methyl sites for hydroxylation is 1. The Labute approximate surface area is 143 Å². The van der Waals surface area contributed by atoms with Crippen molar-refractivity contribution >= 4 is 16.8 Å². The highest BCUT2D eigenvalue weighted by atomic mass is 16.7. The number of hydrogen-bond donors (Lipinski definition) is 2. The van der Waals surface area contributed by atoms with E-state index in [2.05, 4.69) is 10.3 Å². The summed E-state index contributed by atoms with van der Waals surface area (Å²) in [6.07, 6.45) is 1.45. The van der Waals surface area contributed by atoms with Gasteiger partial charge in [0, 0.05) is 23.6 Å². The first-order chi connectivity index (χ1) is 12.1. The predicted molar refractivity (Wildman–Crippen MR) is 93.0 cm³/mol. The molecule has 6 nitrogen and oxygen atoms in total. The minimum atomic E-state index is -0.415. The molecule has 25 heavy (non-hydrogen) atoms. The fourth-order valence-electron chi connectivity index (χ4n) is 2.83. The van der Waals surface area contributed by atoms with Crippen LogP contribution in [-0.4, -0.2) is 17.7 Å². The Morgan fingerprint density at radius 3 is 2.88 bits per heavy atom. The Morgan fingerprint density at radius 1 is 1.16 bits per heavy atom. The number of nitrogens with one attached hydrogen (secondary N) is 2. The molecule has 1 amide bonds. The first-order valence-corrected chi connectivity index (χ1v) is 7.90. The van der Waals surface area contributed by atoms with Gasteiger partial charge in [-0.15, -0.1) is 0 Å². The average molecular weight is 336 g/mol. The van der Waals surface area contributed by atoms with Crippen LogP contribution in [0.15, 0.2) is 47.4 Å². The highest BCUT2D eigenvalue weighted by Gasteiger charge is 2.15. The van der Waals surface area contributed by atoms with Crippen LogP contribution in [-0.2, 0) is 6.54 Å². The number of amides is 1. The summed E-state index contributed by atoms with van der Waals surface area (Å²) in [7, 11) is 0. The third-order valence-electron chi connectivity index (χ3n) is 4.17. The van der Waals surface area contributed by atoms with E-state index >= 15 is 0 Å². The SMILES string of the molecule is Cc1ccc2[nH]cc(C(=O)NCc3ccc4c(c3)OCO4)c(=O)c2c1. The number of H-pyrrole nitrogens is 1. The molecular weight excluding hydrogens is 320 g/mol. The average Bonchev–Trinajstić information content (AvgIpc) is 3.08. The van der Waals surface area contributed by atoms with Gasteiger partial charge >= 0.3 is 0 Å². The summed E-state index contributed by atoms with van der Waals surface area (Å²) in [5.41, 5.74) is 2.36. The molecular formula is C19H16N2O4. The summed E-state index contributed by atoms with van der Waals surface area (Å²) in [5.74, 6) is 0.935. The molecule has 0 saturated carbocycles. The van der Waals surface area contributed by atoms with Crippen LogP contribution >= 0.6 is 0 Å². The Balaban J connectivity index is 1.56. The molecule has 0 radical (unpaired) electrons. The van der Waals surface area contributed by atoms with Crippen molar-refractivity contribution in [2.45, 2.75) is 13.5 Å². The minimum absolute atomic E-state index is 0.0962. The van der Waals surface area contributed by atoms with Crippen LogP contribution in [0.2, 0.25) is 0 Å². The molecule has 126 valence electrons. The van der Waals surface area contributed by atoms with Crippen molar-refractivity contribution in [2.75, 3.05) is 6.79 Å². The Hall–Kier alpha value is -3.28. The van der Waals surface area contributed by atoms with E-state index in [-0.39, 0.29) is 17.8 Å². The van der Waals surface area contributed by atoms with Crippen molar-refractivity contribution in [3.8, 4) is 11.5 Å². The molecule has 0 bridgehead atoms. The van der Waals surface area contributed by atoms with Crippen LogP contribution in [0.5, 0.6) is 11.5 Å². The molecule has 0 saturated heterocycles. The molecule has 0 spiro atoms. The second-order valence-electron chi connectivity index (χ2n) is 5.95. The first kappa shape index (κ1) is 15.3. The first-order valence-electron chi connectivity index (χ1n) is 7.90. The zero-order chi connectivity index (χ0) is 17.4. The summed E-state index contributed by atoms with van der Waals surface area (Å²) in [4.78, 5) is 28.0. The number of hydrogen-bond acceptors (Lipinski definition) is 4. The van der Waals surface area contributed by atoms with Crippen LogP contribution in [0.25, 0.3) is 10.9 Å². The van der Waals surface area contributed by atoms with E-state index in [1.54, 1.807) is 12.1 Å². The van der Waals surface area contributed by atoms with Crippen LogP contribution in [0, 0.1) is 6.92 Å². The number of carbonyl (C=O) groups is 1. The number of aromatic amines is 1. The predicted octanol–water partition coefficient (Wildman–Crippen LogP) is 2.50. The lowest BCUT2D eigenvalue weighted by Crippen LogP contribution is -2.28. The third-order valence-corrected chi connectivity index (χ3v) is 4.17. The summed E-state index contributed by atoms with van der Waals surface area (Å²) in [6.45, 7) is 2.41. The zero-order valence-electron chi connectivity index (χ0n) is 13.6. The quantitative estimate of drug-likeness (QED) is 0.770. The molecule has 0 fully saturated rings. The van der Waals surface area contributed by atoms with E-state index in [0.717, 1.165) is 11.1 Å². The van der Waals surface area contributed by atoms with Gasteiger partial charge in [-0.05, 0) is 36.8 Å². The molecule has 2 N–H and O–H groups in total. The molecule has 2 aromatic carbocycles. The highest BCUT2D eigenvalue weighted by molar-refractivity contribution is 5.97. The molecule has 2 heterocycles. The second-order valence-corrected chi connectivity index (χ2v) is 5.95. The van der Waals surface area contributed by atoms with Crippen molar-refractivity contribution in [3.63, 3.8) is 0 Å². The van der Waals surface area contributed by atoms with Crippen molar-refractivity contribution in [2.24, 2.45) is 0 Å². The lowest BCUT2D eigenvalue weighted by Gasteiger charge is -2.07. The van der Waals surface area contributed by atoms with E-state index in [0.29, 0.717) is 28.9 Å². The van der Waals surface area contributed by atoms with Crippen molar-refractivity contribution in [3.05, 3.63) is 69.5 Å². The molecule has 1 aromatic heterocycles. The summed E-state index contributed by atoms with van der Waals surface area (Å²) >= 11 is 0. The zero-order valence-corrected chi connectivity index (χ0v) is 13.6. The number of rotatable bonds is 3. The Kier molecular flexibility index (Phi) is 3.65. The van der Waals surface area contributed by atoms with Crippen molar-refractivity contribution in [1.29, 1.82) is 0 Å². The molecule has 0 aliphatic carbocycles. The van der Waals surface area contributed by atoms with Gasteiger partial charge in [0.15, 0.2) is 11.5 Å². The van der Waals surface area contributed by atoms with E-state index in [4.69, 9.17) is 9.47 Å². The second kappa shape index (κ2) is 5.98. The maximum atomic E-state index is 12.6. The third kappa shape index (κ3) is 2.82. The van der Waals surface area contributed by atoms with Gasteiger partial charge in [-0.25, -0.2) is 0 Å². The Morgan fingerprint density at radius 2 is 2.00 bits per heavy atom. The molecule has 6 heteroatoms. The van der Waals surface area contributed by atoms with Crippen LogP contribution in [0.3, 0.4) is 0 Å². The summed E-state index contributed by atoms with van der Waals surface area (Å²) < 4.78 is 10.6. The van der Waals surface area contributed by atoms with Gasteiger partial charge in [0.05, 0.1) is 0 Å². The van der Waals surface area contributed by atoms with Crippen LogP contribution in [0.1, 0.15) is 21.5 Å². The largest absolute Gasteiger partial charge is 0.454 e. The lowest BCUT2D eigenvalue weighted by atomic mass is 10.1. The monoisotopic (exact) mass is 336 g/mol. The van der Waals surface area contributed by atoms with Gasteiger partial charge in [0.1, 0.15) is 5.56 Å². The summed E-state index contributed by atoms with van der Waals surface area (Å²) in [5, 5.41) is 3.28. The Bertz CT molecular complexity index is 1040. The number of carbonyl (C=O) groups excluding carboxylic acids is 1. The number of fused-ring (bicyclic) bond motifs is 2. The molecule has 0 unspecified atom stereocenters. The normalized spacial score (nSPS) is 12.4. The molecule has 3 aromatic rings. The fraction of sp³-hybridized carbons (Fsp3) is 0.158. The lowest BCUT2D eigenvalue weighted by molar-refractivity contribution is 0.0949. The topological polar surface area (TPSA) is 80.4 Å². The number of ether oxygens (including phenoxy) is 2. The number of benzene rings is 2. The van der Waals surface area contributed by atoms with Crippen molar-refractivity contribution < 1.29 is 14.3 Å². The van der Waals surface area contributed by atoms with Gasteiger partial charge in [-0.3, -0.25) is 9.59 Å². The maximum absolute atomic E-state index is 12.6. The van der Waals surface area contributed by atoms with E-state index in [1.165, 1.54) is 6.20 Å². The van der Waals surface area contributed by atoms with E-state index in [1.807, 2.05) is 31.2 Å². The fourth-order valence-corrected chi connectivity index (χ4v) is 2.83. The standard InChI is InChI=1S/C19H16N2O4/c1-11-2-4-15-13(6-11)18(22)14(9-20-15)19(23)21-8-12-3-5-16-17(7-12)25-10-24-16/h2-7,9H,8,10H2,1H3,(H,20,22)(H,21,23). The van der Waals surface area contributed by atoms with Gasteiger partial charge in [-0.1, -0.05) is 17.7 Å². The summed E-state index contributed by atoms with van der Waals surface area (Å²) in [6, 6.07) is 11.0. The van der Waals surface area contributed by atoms with E-state index in [9.17, 15) is 9.59 Å². The number of pyridine rings is 1. The highest BCUT2D eigenvalue weighted by Crippen LogP contribution is 2.32. The molecule has 4 rings (SSSR count). The van der Waals surface area contributed by atoms with Crippen LogP contribution < -0.4 is 20.2 Å². The van der Waals surface area contributed by atoms with Gasteiger partial charge < -0.3 is 19.8 Å². The van der Waals surface area contributed by atoms with Gasteiger partial charge in [-0.2, -0.15) is 0 Å². The molecule has 1 aliphatic heterocycles. The van der Waals surface area contributed by atoms with Gasteiger partial charge in [0.2, 0.25) is 12.2 Å². The van der Waals surface area contributed by atoms with Crippen LogP contribution in [0.4, 0.5) is 0 Å². The van der Waals surface area contributed by atoms with Crippen molar-refractivity contribution in [1.82, 2.24) is 10.3 Å². The smallest absolute Gasteiger partial charge is 0.257 e. The molecule has 0 atom stereocenters. The molecule has 1 aliphatic rings. The maximum Gasteiger partial charge on any atom is 0.257 e. The van der Waals surface area contributed by atoms with E-state index < -0.39 is 5.91 Å². The van der Waals surface area contributed by atoms with Gasteiger partial charge in [0.25, 0.3) is 5.91 Å². The minimum Gasteiger partial charge on any atom is -0.454 e.